The zero-order valence-corrected chi connectivity index (χ0v) is 20.8. The Kier molecular flexibility index (Phi) is 8.67. The van der Waals surface area contributed by atoms with Crippen LogP contribution in [0.4, 0.5) is 0 Å². The summed E-state index contributed by atoms with van der Waals surface area (Å²) in [5.74, 6) is 0. The van der Waals surface area contributed by atoms with Crippen molar-refractivity contribution in [2.24, 2.45) is 5.41 Å². The predicted molar refractivity (Wildman–Crippen MR) is 131 cm³/mol. The minimum absolute atomic E-state index is 0.0515. The van der Waals surface area contributed by atoms with Crippen molar-refractivity contribution in [3.05, 3.63) is 75.3 Å². The van der Waals surface area contributed by atoms with Gasteiger partial charge in [0, 0.05) is 0 Å². The Balaban J connectivity index is 2.57. The van der Waals surface area contributed by atoms with Crippen LogP contribution in [0.15, 0.2) is 74.6 Å². The first-order chi connectivity index (χ1) is 14.5. The Bertz CT molecular complexity index is 1000. The molecule has 3 nitrogen and oxygen atoms in total. The van der Waals surface area contributed by atoms with E-state index in [4.69, 9.17) is 5.11 Å². The van der Waals surface area contributed by atoms with E-state index in [1.54, 1.807) is 12.1 Å². The van der Waals surface area contributed by atoms with Crippen LogP contribution in [-0.2, 0) is 9.84 Å². The number of allylic oxidation sites excluding steroid dienone is 6. The third-order valence-electron chi connectivity index (χ3n) is 6.13. The molecule has 0 spiro atoms. The molecule has 4 heteroatoms. The molecule has 0 saturated heterocycles. The maximum atomic E-state index is 13.8. The van der Waals surface area contributed by atoms with Crippen LogP contribution in [0.1, 0.15) is 72.3 Å². The SMILES string of the molecule is CC(=CCCC(C)=CCO)C=C(C1=C(C)CCCC1(C)C)S(=O)(=O)c1ccc(C)cc1. The van der Waals surface area contributed by atoms with Gasteiger partial charge >= 0.3 is 0 Å². The summed E-state index contributed by atoms with van der Waals surface area (Å²) in [6.45, 7) is 12.4. The minimum Gasteiger partial charge on any atom is -0.392 e. The van der Waals surface area contributed by atoms with Gasteiger partial charge in [0.15, 0.2) is 0 Å². The zero-order valence-electron chi connectivity index (χ0n) is 20.0. The van der Waals surface area contributed by atoms with Crippen molar-refractivity contribution in [3.63, 3.8) is 0 Å². The van der Waals surface area contributed by atoms with Crippen molar-refractivity contribution in [3.8, 4) is 0 Å². The van der Waals surface area contributed by atoms with Crippen LogP contribution in [0.5, 0.6) is 0 Å². The van der Waals surface area contributed by atoms with Gasteiger partial charge in [0.2, 0.25) is 9.84 Å². The lowest BCUT2D eigenvalue weighted by Gasteiger charge is -2.35. The first-order valence-electron chi connectivity index (χ1n) is 11.2. The van der Waals surface area contributed by atoms with E-state index in [2.05, 4.69) is 26.8 Å². The normalized spacial score (nSPS) is 18.5. The van der Waals surface area contributed by atoms with Crippen molar-refractivity contribution in [1.82, 2.24) is 0 Å². The lowest BCUT2D eigenvalue weighted by atomic mass is 9.72. The highest BCUT2D eigenvalue weighted by Crippen LogP contribution is 2.46. The number of rotatable bonds is 8. The molecule has 0 bridgehead atoms. The molecule has 1 aromatic carbocycles. The molecule has 0 unspecified atom stereocenters. The van der Waals surface area contributed by atoms with E-state index in [0.29, 0.717) is 9.80 Å². The largest absolute Gasteiger partial charge is 0.392 e. The van der Waals surface area contributed by atoms with Crippen molar-refractivity contribution < 1.29 is 13.5 Å². The number of aliphatic hydroxyl groups excluding tert-OH is 1. The molecule has 2 rings (SSSR count). The number of benzene rings is 1. The molecule has 1 N–H and O–H groups in total. The highest BCUT2D eigenvalue weighted by molar-refractivity contribution is 7.95. The van der Waals surface area contributed by atoms with E-state index in [1.165, 1.54) is 5.57 Å². The molecule has 1 aliphatic rings. The Morgan fingerprint density at radius 3 is 2.32 bits per heavy atom. The summed E-state index contributed by atoms with van der Waals surface area (Å²) >= 11 is 0. The lowest BCUT2D eigenvalue weighted by Crippen LogP contribution is -2.25. The standard InChI is InChI=1S/C27H38O3S/c1-20(16-18-28)9-7-10-22(3)19-25(26-23(4)11-8-17-27(26,5)6)31(29,30)24-14-12-21(2)13-15-24/h10,12-16,19,28H,7-9,11,17-18H2,1-6H3. The van der Waals surface area contributed by atoms with Gasteiger partial charge < -0.3 is 5.11 Å². The van der Waals surface area contributed by atoms with E-state index < -0.39 is 9.84 Å². The summed E-state index contributed by atoms with van der Waals surface area (Å²) in [5, 5.41) is 9.02. The van der Waals surface area contributed by atoms with Crippen LogP contribution in [0.2, 0.25) is 0 Å². The number of aryl methyl sites for hydroxylation is 1. The predicted octanol–water partition coefficient (Wildman–Crippen LogP) is 6.84. The summed E-state index contributed by atoms with van der Waals surface area (Å²) in [4.78, 5) is 0.787. The maximum Gasteiger partial charge on any atom is 0.206 e. The summed E-state index contributed by atoms with van der Waals surface area (Å²) in [6.07, 6.45) is 10.4. The number of hydrogen-bond donors (Lipinski definition) is 1. The van der Waals surface area contributed by atoms with Crippen molar-refractivity contribution in [2.45, 2.75) is 78.5 Å². The first-order valence-corrected chi connectivity index (χ1v) is 12.6. The van der Waals surface area contributed by atoms with Gasteiger partial charge in [-0.3, -0.25) is 0 Å². The fraction of sp³-hybridized carbons (Fsp3) is 0.481. The summed E-state index contributed by atoms with van der Waals surface area (Å²) in [6, 6.07) is 7.14. The smallest absolute Gasteiger partial charge is 0.206 e. The Hall–Kier alpha value is -1.91. The highest BCUT2D eigenvalue weighted by Gasteiger charge is 2.36. The molecule has 0 aliphatic heterocycles. The van der Waals surface area contributed by atoms with Gasteiger partial charge in [-0.1, -0.05) is 60.4 Å². The van der Waals surface area contributed by atoms with Crippen LogP contribution >= 0.6 is 0 Å². The molecule has 0 aromatic heterocycles. The third kappa shape index (κ3) is 6.54. The highest BCUT2D eigenvalue weighted by atomic mass is 32.2. The van der Waals surface area contributed by atoms with Gasteiger partial charge in [-0.05, 0) is 89.0 Å². The second-order valence-electron chi connectivity index (χ2n) is 9.44. The third-order valence-corrected chi connectivity index (χ3v) is 7.92. The van der Waals surface area contributed by atoms with Crippen LogP contribution in [0, 0.1) is 12.3 Å². The number of hydrogen-bond acceptors (Lipinski definition) is 3. The zero-order chi connectivity index (χ0) is 23.2. The average molecular weight is 443 g/mol. The Morgan fingerprint density at radius 2 is 1.74 bits per heavy atom. The Morgan fingerprint density at radius 1 is 1.10 bits per heavy atom. The van der Waals surface area contributed by atoms with Crippen molar-refractivity contribution in [1.29, 1.82) is 0 Å². The van der Waals surface area contributed by atoms with Gasteiger partial charge in [-0.15, -0.1) is 0 Å². The number of sulfone groups is 1. The van der Waals surface area contributed by atoms with Gasteiger partial charge in [0.05, 0.1) is 16.4 Å². The lowest BCUT2D eigenvalue weighted by molar-refractivity contribution is 0.341. The van der Waals surface area contributed by atoms with Gasteiger partial charge in [0.1, 0.15) is 0 Å². The van der Waals surface area contributed by atoms with Crippen molar-refractivity contribution >= 4 is 9.84 Å². The molecule has 31 heavy (non-hydrogen) atoms. The second kappa shape index (κ2) is 10.6. The molecule has 0 radical (unpaired) electrons. The van der Waals surface area contributed by atoms with Crippen LogP contribution in [0.25, 0.3) is 0 Å². The van der Waals surface area contributed by atoms with Crippen LogP contribution < -0.4 is 0 Å². The quantitative estimate of drug-likeness (QED) is 0.354. The molecule has 0 atom stereocenters. The second-order valence-corrected chi connectivity index (χ2v) is 11.4. The molecular formula is C27H38O3S. The fourth-order valence-corrected chi connectivity index (χ4v) is 6.16. The summed E-state index contributed by atoms with van der Waals surface area (Å²) in [7, 11) is -3.65. The van der Waals surface area contributed by atoms with E-state index in [1.807, 2.05) is 45.1 Å². The number of aliphatic hydroxyl groups is 1. The Labute approximate surface area is 189 Å². The fourth-order valence-electron chi connectivity index (χ4n) is 4.35. The first kappa shape index (κ1) is 25.4. The molecule has 1 aliphatic carbocycles. The monoisotopic (exact) mass is 442 g/mol. The minimum atomic E-state index is -3.65. The molecule has 170 valence electrons. The molecule has 0 amide bonds. The molecule has 0 saturated carbocycles. The average Bonchev–Trinajstić information content (AvgIpc) is 2.67. The molecule has 0 heterocycles. The van der Waals surface area contributed by atoms with Crippen LogP contribution in [0.3, 0.4) is 0 Å². The van der Waals surface area contributed by atoms with E-state index in [0.717, 1.165) is 54.4 Å². The summed E-state index contributed by atoms with van der Waals surface area (Å²) < 4.78 is 27.6. The topological polar surface area (TPSA) is 54.4 Å². The van der Waals surface area contributed by atoms with E-state index in [9.17, 15) is 8.42 Å². The molecule has 1 aromatic rings. The molecular weight excluding hydrogens is 404 g/mol. The van der Waals surface area contributed by atoms with E-state index >= 15 is 0 Å². The summed E-state index contributed by atoms with van der Waals surface area (Å²) in [5.41, 5.74) is 5.09. The van der Waals surface area contributed by atoms with Gasteiger partial charge in [0.25, 0.3) is 0 Å². The van der Waals surface area contributed by atoms with Crippen molar-refractivity contribution in [2.75, 3.05) is 6.61 Å². The van der Waals surface area contributed by atoms with Gasteiger partial charge in [-0.25, -0.2) is 8.42 Å². The molecule has 0 fully saturated rings. The maximum absolute atomic E-state index is 13.8. The van der Waals surface area contributed by atoms with E-state index in [-0.39, 0.29) is 12.0 Å². The van der Waals surface area contributed by atoms with Gasteiger partial charge in [-0.2, -0.15) is 0 Å². The van der Waals surface area contributed by atoms with Crippen LogP contribution in [-0.4, -0.2) is 20.1 Å².